The first-order valence-electron chi connectivity index (χ1n) is 6.08. The normalized spacial score (nSPS) is 24.7. The van der Waals surface area contributed by atoms with Crippen LogP contribution in [0.1, 0.15) is 6.92 Å². The fraction of sp³-hybridized carbons (Fsp3) is 0.462. The first-order valence-corrected chi connectivity index (χ1v) is 7.39. The molecule has 2 aromatic rings. The van der Waals surface area contributed by atoms with Crippen molar-refractivity contribution in [2.45, 2.75) is 19.1 Å². The molecule has 0 saturated carbocycles. The summed E-state index contributed by atoms with van der Waals surface area (Å²) in [5.74, 6) is 0.542. The molecule has 0 aliphatic carbocycles. The standard InChI is InChI=1S/C13H15ClN2OS/c1-9-8-17-10(6-14)7-16(9)13-11-4-2-3-5-12(11)15-18-13/h2-5,9-10H,6-8H2,1H3. The van der Waals surface area contributed by atoms with Crippen LogP contribution in [-0.4, -0.2) is 35.6 Å². The molecule has 0 amide bonds. The molecule has 0 radical (unpaired) electrons. The maximum atomic E-state index is 5.91. The summed E-state index contributed by atoms with van der Waals surface area (Å²) < 4.78 is 10.2. The van der Waals surface area contributed by atoms with E-state index in [0.29, 0.717) is 11.9 Å². The number of nitrogens with zero attached hydrogens (tertiary/aromatic N) is 2. The molecule has 5 heteroatoms. The van der Waals surface area contributed by atoms with Crippen molar-refractivity contribution in [1.82, 2.24) is 4.37 Å². The second-order valence-electron chi connectivity index (χ2n) is 4.62. The quantitative estimate of drug-likeness (QED) is 0.792. The van der Waals surface area contributed by atoms with Gasteiger partial charge in [0.05, 0.1) is 30.1 Å². The molecule has 2 heterocycles. The molecule has 1 aromatic carbocycles. The van der Waals surface area contributed by atoms with E-state index in [9.17, 15) is 0 Å². The lowest BCUT2D eigenvalue weighted by Crippen LogP contribution is -2.48. The van der Waals surface area contributed by atoms with Crippen LogP contribution in [0.2, 0.25) is 0 Å². The second kappa shape index (κ2) is 5.03. The van der Waals surface area contributed by atoms with Gasteiger partial charge in [-0.15, -0.1) is 11.6 Å². The van der Waals surface area contributed by atoms with Crippen LogP contribution in [0.5, 0.6) is 0 Å². The summed E-state index contributed by atoms with van der Waals surface area (Å²) in [6.45, 7) is 3.75. The topological polar surface area (TPSA) is 25.4 Å². The van der Waals surface area contributed by atoms with Gasteiger partial charge in [-0.3, -0.25) is 0 Å². The minimum atomic E-state index is 0.115. The highest BCUT2D eigenvalue weighted by molar-refractivity contribution is 7.11. The van der Waals surface area contributed by atoms with E-state index in [0.717, 1.165) is 18.7 Å². The zero-order chi connectivity index (χ0) is 12.5. The van der Waals surface area contributed by atoms with E-state index in [1.165, 1.54) is 10.4 Å². The number of hydrogen-bond donors (Lipinski definition) is 0. The lowest BCUT2D eigenvalue weighted by molar-refractivity contribution is 0.0368. The van der Waals surface area contributed by atoms with E-state index >= 15 is 0 Å². The molecule has 0 spiro atoms. The number of alkyl halides is 1. The smallest absolute Gasteiger partial charge is 0.120 e. The maximum absolute atomic E-state index is 5.91. The van der Waals surface area contributed by atoms with E-state index < -0.39 is 0 Å². The second-order valence-corrected chi connectivity index (χ2v) is 5.68. The Kier molecular flexibility index (Phi) is 3.41. The Morgan fingerprint density at radius 2 is 2.33 bits per heavy atom. The highest BCUT2D eigenvalue weighted by Crippen LogP contribution is 2.33. The van der Waals surface area contributed by atoms with E-state index in [1.54, 1.807) is 11.5 Å². The number of fused-ring (bicyclic) bond motifs is 1. The van der Waals surface area contributed by atoms with Gasteiger partial charge in [0.15, 0.2) is 0 Å². The highest BCUT2D eigenvalue weighted by Gasteiger charge is 2.27. The zero-order valence-electron chi connectivity index (χ0n) is 10.2. The Morgan fingerprint density at radius 3 is 3.17 bits per heavy atom. The van der Waals surface area contributed by atoms with E-state index in [2.05, 4.69) is 34.4 Å². The van der Waals surface area contributed by atoms with Crippen LogP contribution < -0.4 is 4.90 Å². The number of rotatable bonds is 2. The average Bonchev–Trinajstić information content (AvgIpc) is 2.83. The predicted molar refractivity (Wildman–Crippen MR) is 76.9 cm³/mol. The van der Waals surface area contributed by atoms with Gasteiger partial charge in [0.1, 0.15) is 5.00 Å². The summed E-state index contributed by atoms with van der Waals surface area (Å²) in [5, 5.41) is 2.46. The maximum Gasteiger partial charge on any atom is 0.120 e. The number of benzene rings is 1. The summed E-state index contributed by atoms with van der Waals surface area (Å²) in [6.07, 6.45) is 0.115. The van der Waals surface area contributed by atoms with Crippen molar-refractivity contribution in [3.8, 4) is 0 Å². The van der Waals surface area contributed by atoms with Gasteiger partial charge in [0.25, 0.3) is 0 Å². The minimum absolute atomic E-state index is 0.115. The zero-order valence-corrected chi connectivity index (χ0v) is 11.7. The number of halogens is 1. The molecule has 1 saturated heterocycles. The highest BCUT2D eigenvalue weighted by atomic mass is 35.5. The van der Waals surface area contributed by atoms with Crippen molar-refractivity contribution in [1.29, 1.82) is 0 Å². The Balaban J connectivity index is 1.97. The fourth-order valence-corrected chi connectivity index (χ4v) is 3.44. The molecule has 1 aromatic heterocycles. The third-order valence-corrected chi connectivity index (χ3v) is 4.56. The van der Waals surface area contributed by atoms with Crippen molar-refractivity contribution in [2.75, 3.05) is 23.9 Å². The van der Waals surface area contributed by atoms with Crippen LogP contribution >= 0.6 is 23.1 Å². The number of anilines is 1. The number of aromatic nitrogens is 1. The minimum Gasteiger partial charge on any atom is -0.373 e. The summed E-state index contributed by atoms with van der Waals surface area (Å²) in [4.78, 5) is 2.37. The molecule has 3 rings (SSSR count). The molecule has 18 heavy (non-hydrogen) atoms. The molecular weight excluding hydrogens is 268 g/mol. The molecule has 2 atom stereocenters. The lowest BCUT2D eigenvalue weighted by Gasteiger charge is -2.38. The molecule has 0 bridgehead atoms. The Hall–Kier alpha value is -0.840. The predicted octanol–water partition coefficient (Wildman–Crippen LogP) is 3.13. The van der Waals surface area contributed by atoms with Gasteiger partial charge in [0, 0.05) is 11.9 Å². The number of ether oxygens (including phenoxy) is 1. The van der Waals surface area contributed by atoms with Crippen molar-refractivity contribution in [3.63, 3.8) is 0 Å². The monoisotopic (exact) mass is 282 g/mol. The SMILES string of the molecule is CC1COC(CCl)CN1c1snc2ccccc12. The summed E-state index contributed by atoms with van der Waals surface area (Å²) >= 11 is 7.47. The first kappa shape index (κ1) is 12.2. The largest absolute Gasteiger partial charge is 0.373 e. The van der Waals surface area contributed by atoms with Gasteiger partial charge >= 0.3 is 0 Å². The molecule has 0 N–H and O–H groups in total. The van der Waals surface area contributed by atoms with Crippen molar-refractivity contribution in [2.24, 2.45) is 0 Å². The summed E-state index contributed by atoms with van der Waals surface area (Å²) in [6, 6.07) is 8.64. The van der Waals surface area contributed by atoms with Gasteiger partial charge in [0.2, 0.25) is 0 Å². The third kappa shape index (κ3) is 2.09. The van der Waals surface area contributed by atoms with E-state index in [-0.39, 0.29) is 6.10 Å². The Morgan fingerprint density at radius 1 is 1.50 bits per heavy atom. The van der Waals surface area contributed by atoms with Gasteiger partial charge < -0.3 is 9.64 Å². The summed E-state index contributed by atoms with van der Waals surface area (Å²) in [7, 11) is 0. The molecule has 1 aliphatic heterocycles. The van der Waals surface area contributed by atoms with Crippen molar-refractivity contribution in [3.05, 3.63) is 24.3 Å². The summed E-state index contributed by atoms with van der Waals surface area (Å²) in [5.41, 5.74) is 1.07. The van der Waals surface area contributed by atoms with Crippen LogP contribution in [0, 0.1) is 0 Å². The molecular formula is C13H15ClN2OS. The molecule has 96 valence electrons. The average molecular weight is 283 g/mol. The number of hydrogen-bond acceptors (Lipinski definition) is 4. The molecule has 1 fully saturated rings. The van der Waals surface area contributed by atoms with Gasteiger partial charge in [-0.05, 0) is 30.6 Å². The first-order chi connectivity index (χ1) is 8.79. The van der Waals surface area contributed by atoms with E-state index in [4.69, 9.17) is 16.3 Å². The molecule has 3 nitrogen and oxygen atoms in total. The van der Waals surface area contributed by atoms with Crippen LogP contribution in [0.4, 0.5) is 5.00 Å². The lowest BCUT2D eigenvalue weighted by atomic mass is 10.2. The molecule has 1 aliphatic rings. The van der Waals surface area contributed by atoms with Gasteiger partial charge in [-0.1, -0.05) is 12.1 Å². The van der Waals surface area contributed by atoms with Crippen molar-refractivity contribution >= 4 is 39.0 Å². The molecule has 2 unspecified atom stereocenters. The Bertz CT molecular complexity index is 545. The number of morpholine rings is 1. The van der Waals surface area contributed by atoms with E-state index in [1.807, 2.05) is 6.07 Å². The van der Waals surface area contributed by atoms with Crippen molar-refractivity contribution < 1.29 is 4.74 Å². The third-order valence-electron chi connectivity index (χ3n) is 3.30. The van der Waals surface area contributed by atoms with Gasteiger partial charge in [-0.25, -0.2) is 0 Å². The van der Waals surface area contributed by atoms with Crippen LogP contribution in [0.25, 0.3) is 10.9 Å². The Labute approximate surface area is 115 Å². The van der Waals surface area contributed by atoms with Crippen LogP contribution in [0.15, 0.2) is 24.3 Å². The van der Waals surface area contributed by atoms with Crippen LogP contribution in [0.3, 0.4) is 0 Å². The van der Waals surface area contributed by atoms with Gasteiger partial charge in [-0.2, -0.15) is 4.37 Å². The fourth-order valence-electron chi connectivity index (χ4n) is 2.28. The van der Waals surface area contributed by atoms with Crippen LogP contribution in [-0.2, 0) is 4.74 Å².